The summed E-state index contributed by atoms with van der Waals surface area (Å²) in [5.41, 5.74) is 0.300. The number of nitrogens with zero attached hydrogens (tertiary/aromatic N) is 1. The number of nitrogens with one attached hydrogen (secondary N) is 2. The summed E-state index contributed by atoms with van der Waals surface area (Å²) in [6, 6.07) is 6.21. The van der Waals surface area contributed by atoms with Gasteiger partial charge in [0.2, 0.25) is 10.0 Å². The molecule has 0 saturated carbocycles. The molecule has 0 aromatic carbocycles. The number of aromatic nitrogens is 1. The number of pyridine rings is 1. The highest BCUT2D eigenvalue weighted by Gasteiger charge is 2.16. The zero-order valence-electron chi connectivity index (χ0n) is 12.8. The van der Waals surface area contributed by atoms with E-state index in [1.807, 2.05) is 0 Å². The van der Waals surface area contributed by atoms with Crippen LogP contribution in [-0.4, -0.2) is 38.4 Å². The van der Waals surface area contributed by atoms with Gasteiger partial charge in [-0.2, -0.15) is 0 Å². The first-order chi connectivity index (χ1) is 11.9. The number of carbonyl (C=O) groups is 2. The number of ether oxygens (including phenoxy) is 1. The van der Waals surface area contributed by atoms with Gasteiger partial charge >= 0.3 is 5.97 Å². The lowest BCUT2D eigenvalue weighted by Gasteiger charge is -2.08. The molecule has 2 N–H and O–H groups in total. The Hall–Kier alpha value is -2.01. The molecule has 0 aliphatic heterocycles. The van der Waals surface area contributed by atoms with Crippen molar-refractivity contribution in [1.82, 2.24) is 9.71 Å². The maximum atomic E-state index is 11.8. The first kappa shape index (κ1) is 19.3. The second-order valence-electron chi connectivity index (χ2n) is 4.63. The molecular weight excluding hydrogens is 390 g/mol. The van der Waals surface area contributed by atoms with Crippen molar-refractivity contribution in [2.75, 3.05) is 18.5 Å². The molecule has 11 heteroatoms. The van der Waals surface area contributed by atoms with E-state index in [1.54, 1.807) is 23.6 Å². The van der Waals surface area contributed by atoms with E-state index in [9.17, 15) is 18.0 Å². The van der Waals surface area contributed by atoms with Crippen molar-refractivity contribution in [2.24, 2.45) is 0 Å². The summed E-state index contributed by atoms with van der Waals surface area (Å²) in [7, 11) is -3.63. The number of sulfonamides is 1. The van der Waals surface area contributed by atoms with Crippen molar-refractivity contribution in [1.29, 1.82) is 0 Å². The highest BCUT2D eigenvalue weighted by Crippen LogP contribution is 2.17. The average molecular weight is 404 g/mol. The van der Waals surface area contributed by atoms with Crippen LogP contribution in [0.1, 0.15) is 6.42 Å². The second-order valence-corrected chi connectivity index (χ2v) is 7.93. The van der Waals surface area contributed by atoms with Crippen LogP contribution >= 0.6 is 22.9 Å². The van der Waals surface area contributed by atoms with E-state index in [2.05, 4.69) is 15.0 Å². The van der Waals surface area contributed by atoms with E-state index in [1.165, 1.54) is 12.3 Å². The third-order valence-electron chi connectivity index (χ3n) is 2.78. The van der Waals surface area contributed by atoms with Gasteiger partial charge in [-0.25, -0.2) is 18.1 Å². The number of rotatable bonds is 8. The Morgan fingerprint density at radius 3 is 2.76 bits per heavy atom. The first-order valence-corrected chi connectivity index (χ1v) is 9.72. The molecule has 2 heterocycles. The Kier molecular flexibility index (Phi) is 6.88. The van der Waals surface area contributed by atoms with Crippen molar-refractivity contribution in [3.05, 3.63) is 41.0 Å². The summed E-state index contributed by atoms with van der Waals surface area (Å²) >= 11 is 6.86. The molecule has 2 aromatic heterocycles. The molecule has 0 saturated heterocycles. The van der Waals surface area contributed by atoms with E-state index in [-0.39, 0.29) is 22.3 Å². The van der Waals surface area contributed by atoms with Gasteiger partial charge < -0.3 is 10.1 Å². The minimum Gasteiger partial charge on any atom is -0.456 e. The van der Waals surface area contributed by atoms with Crippen LogP contribution in [0.3, 0.4) is 0 Å². The van der Waals surface area contributed by atoms with E-state index < -0.39 is 28.5 Å². The molecule has 0 atom stereocenters. The summed E-state index contributed by atoms with van der Waals surface area (Å²) in [5, 5.41) is 4.19. The van der Waals surface area contributed by atoms with Crippen LogP contribution in [0.2, 0.25) is 5.15 Å². The molecule has 0 radical (unpaired) electrons. The fourth-order valence-electron chi connectivity index (χ4n) is 1.66. The van der Waals surface area contributed by atoms with Gasteiger partial charge in [-0.15, -0.1) is 11.3 Å². The van der Waals surface area contributed by atoms with E-state index >= 15 is 0 Å². The summed E-state index contributed by atoms with van der Waals surface area (Å²) in [6.45, 7) is -0.642. The molecule has 0 fully saturated rings. The highest BCUT2D eigenvalue weighted by molar-refractivity contribution is 7.91. The number of hydrogen-bond acceptors (Lipinski definition) is 7. The molecular formula is C14H14ClN3O5S2. The van der Waals surface area contributed by atoms with Crippen molar-refractivity contribution in [3.8, 4) is 0 Å². The second kappa shape index (κ2) is 8.90. The Morgan fingerprint density at radius 2 is 2.08 bits per heavy atom. The minimum atomic E-state index is -3.63. The summed E-state index contributed by atoms with van der Waals surface area (Å²) in [5.74, 6) is -1.29. The lowest BCUT2D eigenvalue weighted by molar-refractivity contribution is -0.147. The van der Waals surface area contributed by atoms with Gasteiger partial charge in [0.15, 0.2) is 11.8 Å². The van der Waals surface area contributed by atoms with Gasteiger partial charge in [-0.1, -0.05) is 17.7 Å². The largest absolute Gasteiger partial charge is 0.456 e. The highest BCUT2D eigenvalue weighted by atomic mass is 35.5. The first-order valence-electron chi connectivity index (χ1n) is 6.97. The molecule has 0 aliphatic carbocycles. The number of hydrogen-bond donors (Lipinski definition) is 2. The van der Waals surface area contributed by atoms with Gasteiger partial charge in [0.1, 0.15) is 4.21 Å². The standard InChI is InChI=1S/C14H14ClN3O5S2/c15-14-10(3-1-6-16-14)18-11(19)9-23-12(20)5-7-17-25(21,22)13-4-2-8-24-13/h1-4,6,8,17H,5,7,9H2,(H,18,19). The Morgan fingerprint density at radius 1 is 1.28 bits per heavy atom. The number of esters is 1. The number of halogens is 1. The molecule has 0 unspecified atom stereocenters. The molecule has 25 heavy (non-hydrogen) atoms. The summed E-state index contributed by atoms with van der Waals surface area (Å²) in [6.07, 6.45) is 1.26. The lowest BCUT2D eigenvalue weighted by Crippen LogP contribution is -2.27. The summed E-state index contributed by atoms with van der Waals surface area (Å²) in [4.78, 5) is 27.0. The van der Waals surface area contributed by atoms with Crippen molar-refractivity contribution < 1.29 is 22.7 Å². The van der Waals surface area contributed by atoms with Crippen LogP contribution in [0, 0.1) is 0 Å². The van der Waals surface area contributed by atoms with Crippen LogP contribution in [0.5, 0.6) is 0 Å². The average Bonchev–Trinajstić information content (AvgIpc) is 3.10. The van der Waals surface area contributed by atoms with Crippen LogP contribution in [0.15, 0.2) is 40.1 Å². The lowest BCUT2D eigenvalue weighted by atomic mass is 10.4. The monoisotopic (exact) mass is 403 g/mol. The smallest absolute Gasteiger partial charge is 0.307 e. The third kappa shape index (κ3) is 6.09. The molecule has 2 rings (SSSR count). The van der Waals surface area contributed by atoms with Gasteiger partial charge in [0.25, 0.3) is 5.91 Å². The van der Waals surface area contributed by atoms with Crippen molar-refractivity contribution >= 4 is 50.5 Å². The number of carbonyl (C=O) groups excluding carboxylic acids is 2. The number of amides is 1. The van der Waals surface area contributed by atoms with Crippen LogP contribution in [-0.2, 0) is 24.3 Å². The van der Waals surface area contributed by atoms with Crippen LogP contribution < -0.4 is 10.0 Å². The van der Waals surface area contributed by atoms with Crippen molar-refractivity contribution in [2.45, 2.75) is 10.6 Å². The molecule has 134 valence electrons. The van der Waals surface area contributed by atoms with Gasteiger partial charge in [-0.3, -0.25) is 9.59 Å². The topological polar surface area (TPSA) is 114 Å². The quantitative estimate of drug-likeness (QED) is 0.511. The zero-order valence-corrected chi connectivity index (χ0v) is 15.2. The van der Waals surface area contributed by atoms with E-state index in [0.717, 1.165) is 11.3 Å². The van der Waals surface area contributed by atoms with Gasteiger partial charge in [0.05, 0.1) is 12.1 Å². The fourth-order valence-corrected chi connectivity index (χ4v) is 3.89. The van der Waals surface area contributed by atoms with Crippen LogP contribution in [0.4, 0.5) is 5.69 Å². The zero-order chi connectivity index (χ0) is 18.3. The predicted molar refractivity (Wildman–Crippen MR) is 93.0 cm³/mol. The van der Waals surface area contributed by atoms with Crippen molar-refractivity contribution in [3.63, 3.8) is 0 Å². The van der Waals surface area contributed by atoms with E-state index in [0.29, 0.717) is 5.69 Å². The minimum absolute atomic E-state index is 0.116. The maximum Gasteiger partial charge on any atom is 0.307 e. The summed E-state index contributed by atoms with van der Waals surface area (Å²) < 4.78 is 30.9. The molecule has 0 spiro atoms. The molecule has 2 aromatic rings. The predicted octanol–water partition coefficient (Wildman–Crippen LogP) is 1.65. The van der Waals surface area contributed by atoms with E-state index in [4.69, 9.17) is 16.3 Å². The van der Waals surface area contributed by atoms with Crippen LogP contribution in [0.25, 0.3) is 0 Å². The third-order valence-corrected chi connectivity index (χ3v) is 5.94. The van der Waals surface area contributed by atoms with Gasteiger partial charge in [-0.05, 0) is 23.6 Å². The van der Waals surface area contributed by atoms with Gasteiger partial charge in [0, 0.05) is 12.7 Å². The maximum absolute atomic E-state index is 11.8. The SMILES string of the molecule is O=C(COC(=O)CCNS(=O)(=O)c1cccs1)Nc1cccnc1Cl. The Bertz CT molecular complexity index is 840. The Labute approximate surface area is 153 Å². The number of thiophene rings is 1. The Balaban J connectivity index is 1.70. The fraction of sp³-hybridized carbons (Fsp3) is 0.214. The number of anilines is 1. The molecule has 8 nitrogen and oxygen atoms in total. The normalized spacial score (nSPS) is 11.1. The molecule has 1 amide bonds. The molecule has 0 bridgehead atoms. The molecule has 0 aliphatic rings.